The summed E-state index contributed by atoms with van der Waals surface area (Å²) in [5.41, 5.74) is 17.6. The SMILES string of the molecule is c1ccc(C2(c3ccccc3)c3ccccc3-c3ccc(N(c4ccc(-c5ccc(-c6cccc7ccccc67)cc5)cc4)c4ccccc4-c4ccc5sc6ccccc6c5c4)cc32)cc1. The topological polar surface area (TPSA) is 3.24 Å². The summed E-state index contributed by atoms with van der Waals surface area (Å²) in [5, 5.41) is 5.12. The van der Waals surface area contributed by atoms with Crippen LogP contribution in [-0.2, 0) is 5.41 Å². The van der Waals surface area contributed by atoms with Gasteiger partial charge in [-0.1, -0.05) is 212 Å². The van der Waals surface area contributed by atoms with Crippen LogP contribution in [-0.4, -0.2) is 0 Å². The summed E-state index contributed by atoms with van der Waals surface area (Å²) in [6.45, 7) is 0. The van der Waals surface area contributed by atoms with Gasteiger partial charge in [0.25, 0.3) is 0 Å². The molecule has 0 spiro atoms. The molecule has 0 N–H and O–H groups in total. The number of hydrogen-bond acceptors (Lipinski definition) is 2. The summed E-state index contributed by atoms with van der Waals surface area (Å²) >= 11 is 1.86. The Morgan fingerprint density at radius 2 is 0.836 bits per heavy atom. The second-order valence-corrected chi connectivity index (χ2v) is 18.7. The molecule has 1 aliphatic rings. The molecule has 0 saturated carbocycles. The van der Waals surface area contributed by atoms with Gasteiger partial charge in [-0.3, -0.25) is 0 Å². The summed E-state index contributed by atoms with van der Waals surface area (Å²) in [7, 11) is 0. The second-order valence-electron chi connectivity index (χ2n) is 17.6. The fraction of sp³-hybridized carbons (Fsp3) is 0.0154. The van der Waals surface area contributed by atoms with Crippen molar-refractivity contribution >= 4 is 59.3 Å². The van der Waals surface area contributed by atoms with Crippen LogP contribution in [0.1, 0.15) is 22.3 Å². The summed E-state index contributed by atoms with van der Waals surface area (Å²) in [4.78, 5) is 2.47. The van der Waals surface area contributed by atoms with E-state index in [-0.39, 0.29) is 0 Å². The predicted octanol–water partition coefficient (Wildman–Crippen LogP) is 18.0. The number of nitrogens with zero attached hydrogens (tertiary/aromatic N) is 1. The van der Waals surface area contributed by atoms with E-state index in [2.05, 4.69) is 266 Å². The minimum Gasteiger partial charge on any atom is -0.310 e. The molecule has 314 valence electrons. The summed E-state index contributed by atoms with van der Waals surface area (Å²) in [6.07, 6.45) is 0. The van der Waals surface area contributed by atoms with Crippen LogP contribution >= 0.6 is 11.3 Å². The van der Waals surface area contributed by atoms with Crippen molar-refractivity contribution in [2.45, 2.75) is 5.41 Å². The first-order valence-electron chi connectivity index (χ1n) is 23.1. The molecule has 0 atom stereocenters. The van der Waals surface area contributed by atoms with Crippen molar-refractivity contribution in [1.82, 2.24) is 0 Å². The minimum absolute atomic E-state index is 0.525. The molecule has 0 bridgehead atoms. The molecule has 0 radical (unpaired) electrons. The molecule has 11 aromatic carbocycles. The Hall–Kier alpha value is -8.30. The van der Waals surface area contributed by atoms with Gasteiger partial charge in [-0.05, 0) is 121 Å². The molecular weight excluding hydrogens is 827 g/mol. The highest BCUT2D eigenvalue weighted by Crippen LogP contribution is 2.57. The molecule has 1 heterocycles. The molecule has 1 aliphatic carbocycles. The number of para-hydroxylation sites is 1. The van der Waals surface area contributed by atoms with E-state index in [1.165, 1.54) is 97.7 Å². The molecule has 0 saturated heterocycles. The van der Waals surface area contributed by atoms with Crippen molar-refractivity contribution in [3.63, 3.8) is 0 Å². The third kappa shape index (κ3) is 6.37. The number of hydrogen-bond donors (Lipinski definition) is 0. The number of benzene rings is 11. The Kier molecular flexibility index (Phi) is 9.33. The van der Waals surface area contributed by atoms with Gasteiger partial charge in [0.05, 0.1) is 11.1 Å². The van der Waals surface area contributed by atoms with Crippen LogP contribution in [0.15, 0.2) is 261 Å². The molecule has 13 rings (SSSR count). The van der Waals surface area contributed by atoms with Gasteiger partial charge in [-0.25, -0.2) is 0 Å². The summed E-state index contributed by atoms with van der Waals surface area (Å²) in [5.74, 6) is 0. The zero-order valence-corrected chi connectivity index (χ0v) is 37.5. The van der Waals surface area contributed by atoms with Crippen LogP contribution in [0.4, 0.5) is 17.1 Å². The normalized spacial score (nSPS) is 12.6. The minimum atomic E-state index is -0.525. The molecule has 1 aromatic heterocycles. The molecule has 12 aromatic rings. The van der Waals surface area contributed by atoms with E-state index in [9.17, 15) is 0 Å². The molecule has 2 heteroatoms. The van der Waals surface area contributed by atoms with Crippen LogP contribution < -0.4 is 4.90 Å². The van der Waals surface area contributed by atoms with Crippen molar-refractivity contribution in [3.05, 3.63) is 283 Å². The van der Waals surface area contributed by atoms with E-state index in [0.29, 0.717) is 0 Å². The lowest BCUT2D eigenvalue weighted by atomic mass is 9.67. The lowest BCUT2D eigenvalue weighted by Gasteiger charge is -2.35. The zero-order chi connectivity index (χ0) is 44.3. The highest BCUT2D eigenvalue weighted by atomic mass is 32.1. The van der Waals surface area contributed by atoms with E-state index in [4.69, 9.17) is 0 Å². The molecule has 0 aliphatic heterocycles. The number of rotatable bonds is 8. The number of thiophene rings is 1. The monoisotopic (exact) mass is 869 g/mol. The number of fused-ring (bicyclic) bond motifs is 7. The van der Waals surface area contributed by atoms with Crippen LogP contribution in [0, 0.1) is 0 Å². The Labute approximate surface area is 395 Å². The Balaban J connectivity index is 0.988. The Bertz CT molecular complexity index is 3750. The third-order valence-corrected chi connectivity index (χ3v) is 15.1. The van der Waals surface area contributed by atoms with Gasteiger partial charge in [0.2, 0.25) is 0 Å². The fourth-order valence-corrected chi connectivity index (χ4v) is 12.0. The van der Waals surface area contributed by atoms with E-state index >= 15 is 0 Å². The average molecular weight is 870 g/mol. The maximum Gasteiger partial charge on any atom is 0.0714 e. The van der Waals surface area contributed by atoms with Gasteiger partial charge in [-0.15, -0.1) is 11.3 Å². The summed E-state index contributed by atoms with van der Waals surface area (Å²) in [6, 6.07) is 96.4. The van der Waals surface area contributed by atoms with Gasteiger partial charge in [0.1, 0.15) is 0 Å². The lowest BCUT2D eigenvalue weighted by Crippen LogP contribution is -2.28. The van der Waals surface area contributed by atoms with Crippen molar-refractivity contribution in [2.24, 2.45) is 0 Å². The second kappa shape index (κ2) is 16.0. The lowest BCUT2D eigenvalue weighted by molar-refractivity contribution is 0.768. The average Bonchev–Trinajstić information content (AvgIpc) is 3.93. The van der Waals surface area contributed by atoms with E-state index in [1.807, 2.05) is 11.3 Å². The highest BCUT2D eigenvalue weighted by Gasteiger charge is 2.46. The van der Waals surface area contributed by atoms with Crippen LogP contribution in [0.25, 0.3) is 75.5 Å². The molecule has 67 heavy (non-hydrogen) atoms. The van der Waals surface area contributed by atoms with Crippen LogP contribution in [0.2, 0.25) is 0 Å². The Morgan fingerprint density at radius 1 is 0.299 bits per heavy atom. The first kappa shape index (κ1) is 39.1. The van der Waals surface area contributed by atoms with E-state index < -0.39 is 5.41 Å². The predicted molar refractivity (Wildman–Crippen MR) is 285 cm³/mol. The first-order chi connectivity index (χ1) is 33.2. The van der Waals surface area contributed by atoms with Gasteiger partial charge >= 0.3 is 0 Å². The van der Waals surface area contributed by atoms with Crippen molar-refractivity contribution in [1.29, 1.82) is 0 Å². The third-order valence-electron chi connectivity index (χ3n) is 14.0. The van der Waals surface area contributed by atoms with Gasteiger partial charge in [-0.2, -0.15) is 0 Å². The largest absolute Gasteiger partial charge is 0.310 e. The number of anilines is 3. The first-order valence-corrected chi connectivity index (χ1v) is 23.9. The molecule has 0 amide bonds. The van der Waals surface area contributed by atoms with E-state index in [0.717, 1.165) is 17.1 Å². The molecular formula is C65H43NS. The van der Waals surface area contributed by atoms with Crippen molar-refractivity contribution in [3.8, 4) is 44.5 Å². The van der Waals surface area contributed by atoms with Gasteiger partial charge in [0, 0.05) is 37.1 Å². The maximum absolute atomic E-state index is 2.47. The van der Waals surface area contributed by atoms with Gasteiger partial charge in [0.15, 0.2) is 0 Å². The fourth-order valence-electron chi connectivity index (χ4n) is 10.9. The summed E-state index contributed by atoms with van der Waals surface area (Å²) < 4.78 is 2.61. The standard InChI is InChI=1S/C65H43NS/c1-3-18-49(19-4-1)65(50-20-5-2-6-21-50)60-27-12-9-24-56(60)57-40-39-52(43-61(57)65)66(62-28-13-10-23-55(62)48-36-41-64-59(42-48)58-25-11-14-29-63(58)67-64)51-37-34-45(35-38-51)44-30-32-47(33-31-44)54-26-15-17-46-16-7-8-22-53(46)54/h1-43H. The Morgan fingerprint density at radius 3 is 1.61 bits per heavy atom. The molecule has 1 nitrogen and oxygen atoms in total. The van der Waals surface area contributed by atoms with Crippen molar-refractivity contribution < 1.29 is 0 Å². The van der Waals surface area contributed by atoms with Gasteiger partial charge < -0.3 is 4.90 Å². The molecule has 0 unspecified atom stereocenters. The van der Waals surface area contributed by atoms with Crippen molar-refractivity contribution in [2.75, 3.05) is 4.90 Å². The van der Waals surface area contributed by atoms with Crippen LogP contribution in [0.3, 0.4) is 0 Å². The molecule has 0 fully saturated rings. The quantitative estimate of drug-likeness (QED) is 0.147. The highest BCUT2D eigenvalue weighted by molar-refractivity contribution is 7.25. The van der Waals surface area contributed by atoms with E-state index in [1.54, 1.807) is 0 Å². The van der Waals surface area contributed by atoms with Crippen LogP contribution in [0.5, 0.6) is 0 Å². The smallest absolute Gasteiger partial charge is 0.0714 e. The zero-order valence-electron chi connectivity index (χ0n) is 36.7. The maximum atomic E-state index is 2.47.